The minimum Gasteiger partial charge on any atom is -0.469 e. The van der Waals surface area contributed by atoms with Crippen LogP contribution in [-0.4, -0.2) is 22.4 Å². The molecule has 4 rings (SSSR count). The van der Waals surface area contributed by atoms with Gasteiger partial charge in [0.25, 0.3) is 0 Å². The minimum atomic E-state index is -0.0867. The van der Waals surface area contributed by atoms with Crippen molar-refractivity contribution < 1.29 is 9.53 Å². The van der Waals surface area contributed by atoms with E-state index in [-0.39, 0.29) is 12.4 Å². The molecule has 3 heterocycles. The summed E-state index contributed by atoms with van der Waals surface area (Å²) in [6, 6.07) is 3.45. The number of fused-ring (bicyclic) bond motifs is 3. The average molecular weight is 379 g/mol. The standard InChI is InChI=1S/C17H15ClN2O2S2/c1-9-2-3-10-13(6-9)24-17-15(10)16(19-8-20-17)22-7-11(21)12-4-5-14(18)23-12/h4-5,8-9H,2-3,6-7H2,1H3/t9-/m0/s1. The van der Waals surface area contributed by atoms with Gasteiger partial charge in [0.15, 0.2) is 6.61 Å². The first kappa shape index (κ1) is 16.0. The van der Waals surface area contributed by atoms with Crippen LogP contribution in [-0.2, 0) is 12.8 Å². The number of carbonyl (C=O) groups is 1. The Morgan fingerprint density at radius 1 is 1.38 bits per heavy atom. The molecule has 0 saturated carbocycles. The lowest BCUT2D eigenvalue weighted by atomic mass is 9.89. The molecular formula is C17H15ClN2O2S2. The van der Waals surface area contributed by atoms with Gasteiger partial charge in [0, 0.05) is 4.88 Å². The third kappa shape index (κ3) is 2.94. The molecule has 0 aliphatic heterocycles. The number of nitrogens with zero attached hydrogens (tertiary/aromatic N) is 2. The van der Waals surface area contributed by atoms with Crippen molar-refractivity contribution in [3.05, 3.63) is 38.1 Å². The van der Waals surface area contributed by atoms with Gasteiger partial charge >= 0.3 is 0 Å². The zero-order valence-electron chi connectivity index (χ0n) is 13.0. The van der Waals surface area contributed by atoms with Gasteiger partial charge in [-0.3, -0.25) is 4.79 Å². The molecule has 1 aliphatic carbocycles. The smallest absolute Gasteiger partial charge is 0.226 e. The summed E-state index contributed by atoms with van der Waals surface area (Å²) in [6.07, 6.45) is 4.78. The van der Waals surface area contributed by atoms with E-state index >= 15 is 0 Å². The first-order valence-corrected chi connectivity index (χ1v) is 9.79. The van der Waals surface area contributed by atoms with E-state index in [1.165, 1.54) is 34.5 Å². The van der Waals surface area contributed by atoms with E-state index in [4.69, 9.17) is 16.3 Å². The van der Waals surface area contributed by atoms with Crippen LogP contribution in [0, 0.1) is 5.92 Å². The Morgan fingerprint density at radius 3 is 3.04 bits per heavy atom. The lowest BCUT2D eigenvalue weighted by Crippen LogP contribution is -2.12. The van der Waals surface area contributed by atoms with Crippen LogP contribution in [0.4, 0.5) is 0 Å². The van der Waals surface area contributed by atoms with E-state index in [0.717, 1.165) is 23.1 Å². The van der Waals surface area contributed by atoms with Gasteiger partial charge in [-0.15, -0.1) is 22.7 Å². The van der Waals surface area contributed by atoms with Crippen molar-refractivity contribution in [3.63, 3.8) is 0 Å². The number of carbonyl (C=O) groups excluding carboxylic acids is 1. The number of thiophene rings is 2. The number of aryl methyl sites for hydroxylation is 1. The van der Waals surface area contributed by atoms with Crippen LogP contribution in [0.1, 0.15) is 33.5 Å². The Labute approximate surface area is 152 Å². The number of ether oxygens (including phenoxy) is 1. The molecule has 3 aromatic rings. The largest absolute Gasteiger partial charge is 0.469 e. The molecule has 0 amide bonds. The van der Waals surface area contributed by atoms with E-state index in [9.17, 15) is 4.79 Å². The fourth-order valence-electron chi connectivity index (χ4n) is 3.02. The van der Waals surface area contributed by atoms with Crippen molar-refractivity contribution in [1.82, 2.24) is 9.97 Å². The number of halogens is 1. The summed E-state index contributed by atoms with van der Waals surface area (Å²) >= 11 is 8.87. The van der Waals surface area contributed by atoms with Gasteiger partial charge in [0.1, 0.15) is 11.2 Å². The molecule has 0 N–H and O–H groups in total. The zero-order valence-corrected chi connectivity index (χ0v) is 15.4. The first-order valence-electron chi connectivity index (χ1n) is 7.78. The van der Waals surface area contributed by atoms with Crippen molar-refractivity contribution in [2.75, 3.05) is 6.61 Å². The molecule has 0 aromatic carbocycles. The second kappa shape index (κ2) is 6.43. The van der Waals surface area contributed by atoms with Gasteiger partial charge in [-0.25, -0.2) is 9.97 Å². The van der Waals surface area contributed by atoms with Crippen molar-refractivity contribution >= 4 is 50.3 Å². The molecule has 0 saturated heterocycles. The summed E-state index contributed by atoms with van der Waals surface area (Å²) in [5.41, 5.74) is 1.30. The highest BCUT2D eigenvalue weighted by molar-refractivity contribution is 7.19. The van der Waals surface area contributed by atoms with E-state index in [0.29, 0.717) is 21.0 Å². The van der Waals surface area contributed by atoms with E-state index in [1.807, 2.05) is 0 Å². The second-order valence-electron chi connectivity index (χ2n) is 6.03. The highest BCUT2D eigenvalue weighted by Gasteiger charge is 2.24. The van der Waals surface area contributed by atoms with Crippen LogP contribution in [0.25, 0.3) is 10.2 Å². The van der Waals surface area contributed by atoms with Crippen LogP contribution >= 0.6 is 34.3 Å². The summed E-state index contributed by atoms with van der Waals surface area (Å²) in [6.45, 7) is 2.24. The summed E-state index contributed by atoms with van der Waals surface area (Å²) < 4.78 is 6.37. The minimum absolute atomic E-state index is 0.0377. The molecule has 7 heteroatoms. The highest BCUT2D eigenvalue weighted by Crippen LogP contribution is 2.40. The van der Waals surface area contributed by atoms with Gasteiger partial charge in [-0.05, 0) is 42.9 Å². The molecule has 0 bridgehead atoms. The van der Waals surface area contributed by atoms with E-state index < -0.39 is 0 Å². The number of ketones is 1. The maximum atomic E-state index is 12.2. The van der Waals surface area contributed by atoms with Gasteiger partial charge < -0.3 is 4.74 Å². The first-order chi connectivity index (χ1) is 11.6. The third-order valence-corrected chi connectivity index (χ3v) is 6.68. The molecule has 0 fully saturated rings. The van der Waals surface area contributed by atoms with Crippen LogP contribution < -0.4 is 4.74 Å². The summed E-state index contributed by atoms with van der Waals surface area (Å²) in [5.74, 6) is 1.13. The molecule has 1 aliphatic rings. The molecule has 4 nitrogen and oxygen atoms in total. The van der Waals surface area contributed by atoms with E-state index in [2.05, 4.69) is 16.9 Å². The van der Waals surface area contributed by atoms with Gasteiger partial charge in [0.05, 0.1) is 14.6 Å². The molecule has 1 atom stereocenters. The van der Waals surface area contributed by atoms with Crippen LogP contribution in [0.15, 0.2) is 18.5 Å². The fraction of sp³-hybridized carbons (Fsp3) is 0.353. The average Bonchev–Trinajstić information content (AvgIpc) is 3.15. The summed E-state index contributed by atoms with van der Waals surface area (Å²) in [4.78, 5) is 23.8. The van der Waals surface area contributed by atoms with Gasteiger partial charge in [-0.2, -0.15) is 0 Å². The molecular weight excluding hydrogens is 364 g/mol. The van der Waals surface area contributed by atoms with Crippen molar-refractivity contribution in [1.29, 1.82) is 0 Å². The lowest BCUT2D eigenvalue weighted by Gasteiger charge is -2.18. The fourth-order valence-corrected chi connectivity index (χ4v) is 5.33. The predicted octanol–water partition coefficient (Wildman–Crippen LogP) is 4.79. The van der Waals surface area contributed by atoms with Crippen LogP contribution in [0.5, 0.6) is 5.88 Å². The summed E-state index contributed by atoms with van der Waals surface area (Å²) in [7, 11) is 0. The monoisotopic (exact) mass is 378 g/mol. The highest BCUT2D eigenvalue weighted by atomic mass is 35.5. The van der Waals surface area contributed by atoms with Gasteiger partial charge in [0.2, 0.25) is 11.7 Å². The van der Waals surface area contributed by atoms with Crippen molar-refractivity contribution in [2.45, 2.75) is 26.2 Å². The molecule has 0 radical (unpaired) electrons. The number of Topliss-reactive ketones (excluding diaryl/α,β-unsaturated/α-hetero) is 1. The molecule has 124 valence electrons. The Kier molecular flexibility index (Phi) is 4.28. The maximum absolute atomic E-state index is 12.2. The number of rotatable bonds is 4. The SMILES string of the molecule is C[C@H]1CCc2c(sc3ncnc(OCC(=O)c4ccc(Cl)s4)c23)C1. The maximum Gasteiger partial charge on any atom is 0.226 e. The van der Waals surface area contributed by atoms with Crippen molar-refractivity contribution in [3.8, 4) is 5.88 Å². The Hall–Kier alpha value is -1.50. The number of hydrogen-bond acceptors (Lipinski definition) is 6. The third-order valence-electron chi connectivity index (χ3n) is 4.24. The van der Waals surface area contributed by atoms with E-state index in [1.54, 1.807) is 23.5 Å². The second-order valence-corrected chi connectivity index (χ2v) is 8.83. The molecule has 0 unspecified atom stereocenters. The van der Waals surface area contributed by atoms with Crippen LogP contribution in [0.3, 0.4) is 0 Å². The zero-order chi connectivity index (χ0) is 16.7. The quantitative estimate of drug-likeness (QED) is 0.612. The Balaban J connectivity index is 1.61. The van der Waals surface area contributed by atoms with Crippen molar-refractivity contribution in [2.24, 2.45) is 5.92 Å². The van der Waals surface area contributed by atoms with Crippen LogP contribution in [0.2, 0.25) is 4.34 Å². The summed E-state index contributed by atoms with van der Waals surface area (Å²) in [5, 5.41) is 0.987. The topological polar surface area (TPSA) is 52.1 Å². The molecule has 0 spiro atoms. The number of aromatic nitrogens is 2. The number of hydrogen-bond donors (Lipinski definition) is 0. The lowest BCUT2D eigenvalue weighted by molar-refractivity contribution is 0.0923. The normalized spacial score (nSPS) is 17.0. The Bertz CT molecular complexity index is 919. The Morgan fingerprint density at radius 2 is 2.25 bits per heavy atom. The predicted molar refractivity (Wildman–Crippen MR) is 97.8 cm³/mol. The molecule has 3 aromatic heterocycles. The van der Waals surface area contributed by atoms with Gasteiger partial charge in [-0.1, -0.05) is 18.5 Å². The molecule has 24 heavy (non-hydrogen) atoms.